The molecule has 1 aliphatic rings. The van der Waals surface area contributed by atoms with Crippen LogP contribution in [0.1, 0.15) is 38.8 Å². The zero-order chi connectivity index (χ0) is 26.4. The lowest BCUT2D eigenvalue weighted by molar-refractivity contribution is -0.123. The first-order valence-corrected chi connectivity index (χ1v) is 12.3. The van der Waals surface area contributed by atoms with E-state index in [0.29, 0.717) is 33.0 Å². The zero-order valence-corrected chi connectivity index (χ0v) is 21.0. The van der Waals surface area contributed by atoms with E-state index in [1.165, 1.54) is 4.90 Å². The molecular weight excluding hydrogens is 492 g/mol. The van der Waals surface area contributed by atoms with Gasteiger partial charge in [-0.05, 0) is 84.4 Å². The second kappa shape index (κ2) is 11.6. The Bertz CT molecular complexity index is 1350. The van der Waals surface area contributed by atoms with E-state index in [2.05, 4.69) is 5.32 Å². The Morgan fingerprint density at radius 2 is 1.57 bits per heavy atom. The van der Waals surface area contributed by atoms with Crippen LogP contribution in [0.3, 0.4) is 0 Å². The van der Waals surface area contributed by atoms with Crippen LogP contribution in [-0.4, -0.2) is 41.6 Å². The average molecular weight is 517 g/mol. The second-order valence-corrected chi connectivity index (χ2v) is 8.98. The van der Waals surface area contributed by atoms with Gasteiger partial charge in [-0.15, -0.1) is 0 Å². The van der Waals surface area contributed by atoms with Gasteiger partial charge in [-0.25, -0.2) is 4.79 Å². The molecule has 0 unspecified atom stereocenters. The largest absolute Gasteiger partial charge is 0.497 e. The van der Waals surface area contributed by atoms with Crippen molar-refractivity contribution in [2.45, 2.75) is 13.5 Å². The molecule has 0 atom stereocenters. The number of esters is 1. The number of carbonyl (C=O) groups excluding carboxylic acids is 4. The molecule has 0 spiro atoms. The van der Waals surface area contributed by atoms with Crippen molar-refractivity contribution in [1.29, 1.82) is 0 Å². The van der Waals surface area contributed by atoms with Crippen molar-refractivity contribution in [2.24, 2.45) is 0 Å². The summed E-state index contributed by atoms with van der Waals surface area (Å²) in [6.07, 6.45) is 1.68. The highest BCUT2D eigenvalue weighted by atomic mass is 32.2. The maximum Gasteiger partial charge on any atom is 0.338 e. The molecule has 3 amide bonds. The molecule has 9 heteroatoms. The van der Waals surface area contributed by atoms with Gasteiger partial charge in [0.25, 0.3) is 17.1 Å². The van der Waals surface area contributed by atoms with Crippen molar-refractivity contribution in [2.75, 3.05) is 19.0 Å². The van der Waals surface area contributed by atoms with Crippen LogP contribution in [0, 0.1) is 0 Å². The molecule has 4 rings (SSSR count). The molecule has 3 aromatic carbocycles. The van der Waals surface area contributed by atoms with Crippen molar-refractivity contribution in [3.63, 3.8) is 0 Å². The van der Waals surface area contributed by atoms with Crippen LogP contribution in [0.2, 0.25) is 0 Å². The third kappa shape index (κ3) is 6.25. The summed E-state index contributed by atoms with van der Waals surface area (Å²) in [6.45, 7) is 2.12. The van der Waals surface area contributed by atoms with Crippen LogP contribution < -0.4 is 10.1 Å². The van der Waals surface area contributed by atoms with Crippen LogP contribution in [-0.2, 0) is 16.1 Å². The third-order valence-corrected chi connectivity index (χ3v) is 6.41. The third-order valence-electron chi connectivity index (χ3n) is 5.50. The standard InChI is InChI=1S/C28H24N2O6S/c1-3-36-27(33)21-10-12-22(13-11-21)29-25(31)20-8-4-19(5-9-20)17-30-26(32)24(37-28(30)34)16-18-6-14-23(35-2)15-7-18/h4-16H,3,17H2,1-2H3,(H,29,31)/b24-16-. The molecule has 1 fully saturated rings. The fourth-order valence-electron chi connectivity index (χ4n) is 3.54. The molecule has 1 saturated heterocycles. The van der Waals surface area contributed by atoms with Gasteiger partial charge in [-0.3, -0.25) is 19.3 Å². The Labute approximate surface area is 218 Å². The summed E-state index contributed by atoms with van der Waals surface area (Å²) >= 11 is 0.895. The zero-order valence-electron chi connectivity index (χ0n) is 20.2. The number of thioether (sulfide) groups is 1. The first-order chi connectivity index (χ1) is 17.9. The maximum absolute atomic E-state index is 12.8. The number of benzene rings is 3. The van der Waals surface area contributed by atoms with E-state index >= 15 is 0 Å². The number of rotatable bonds is 8. The second-order valence-electron chi connectivity index (χ2n) is 7.99. The number of methoxy groups -OCH3 is 1. The van der Waals surface area contributed by atoms with Gasteiger partial charge in [-0.1, -0.05) is 24.3 Å². The van der Waals surface area contributed by atoms with Crippen LogP contribution in [0.5, 0.6) is 5.75 Å². The molecule has 8 nitrogen and oxygen atoms in total. The normalized spacial score (nSPS) is 14.1. The van der Waals surface area contributed by atoms with Crippen LogP contribution in [0.15, 0.2) is 77.7 Å². The van der Waals surface area contributed by atoms with Gasteiger partial charge < -0.3 is 14.8 Å². The highest BCUT2D eigenvalue weighted by Crippen LogP contribution is 2.33. The van der Waals surface area contributed by atoms with Gasteiger partial charge in [-0.2, -0.15) is 0 Å². The maximum atomic E-state index is 12.8. The molecule has 0 aromatic heterocycles. The molecule has 0 bridgehead atoms. The minimum absolute atomic E-state index is 0.0990. The Balaban J connectivity index is 1.37. The number of nitrogens with zero attached hydrogens (tertiary/aromatic N) is 1. The summed E-state index contributed by atoms with van der Waals surface area (Å²) in [5.74, 6) is -0.412. The molecule has 3 aromatic rings. The molecule has 1 aliphatic heterocycles. The lowest BCUT2D eigenvalue weighted by Crippen LogP contribution is -2.27. The van der Waals surface area contributed by atoms with E-state index in [1.807, 2.05) is 12.1 Å². The van der Waals surface area contributed by atoms with E-state index in [-0.39, 0.29) is 30.2 Å². The van der Waals surface area contributed by atoms with Gasteiger partial charge in [0.2, 0.25) is 0 Å². The fraction of sp³-hybridized carbons (Fsp3) is 0.143. The van der Waals surface area contributed by atoms with Crippen LogP contribution in [0.25, 0.3) is 6.08 Å². The topological polar surface area (TPSA) is 102 Å². The van der Waals surface area contributed by atoms with Crippen molar-refractivity contribution in [1.82, 2.24) is 4.90 Å². The van der Waals surface area contributed by atoms with Crippen LogP contribution >= 0.6 is 11.8 Å². The SMILES string of the molecule is CCOC(=O)c1ccc(NC(=O)c2ccc(CN3C(=O)S/C(=C\c4ccc(OC)cc4)C3=O)cc2)cc1. The van der Waals surface area contributed by atoms with Gasteiger partial charge in [0.1, 0.15) is 5.75 Å². The molecule has 0 saturated carbocycles. The Morgan fingerprint density at radius 1 is 0.919 bits per heavy atom. The first-order valence-electron chi connectivity index (χ1n) is 11.4. The summed E-state index contributed by atoms with van der Waals surface area (Å²) in [6, 6.07) is 20.3. The van der Waals surface area contributed by atoms with Gasteiger partial charge in [0.15, 0.2) is 0 Å². The van der Waals surface area contributed by atoms with Crippen LogP contribution in [0.4, 0.5) is 10.5 Å². The van der Waals surface area contributed by atoms with Gasteiger partial charge in [0.05, 0.1) is 30.7 Å². The predicted molar refractivity (Wildman–Crippen MR) is 141 cm³/mol. The minimum atomic E-state index is -0.423. The summed E-state index contributed by atoms with van der Waals surface area (Å²) in [5.41, 5.74) is 2.84. The number of hydrogen-bond acceptors (Lipinski definition) is 7. The summed E-state index contributed by atoms with van der Waals surface area (Å²) < 4.78 is 10.1. The number of ether oxygens (including phenoxy) is 2. The molecule has 188 valence electrons. The summed E-state index contributed by atoms with van der Waals surface area (Å²) in [7, 11) is 1.58. The number of amides is 3. The highest BCUT2D eigenvalue weighted by Gasteiger charge is 2.35. The Hall–Kier alpha value is -4.37. The molecule has 1 heterocycles. The van der Waals surface area contributed by atoms with Crippen molar-refractivity contribution in [3.8, 4) is 5.75 Å². The van der Waals surface area contributed by atoms with E-state index in [9.17, 15) is 19.2 Å². The fourth-order valence-corrected chi connectivity index (χ4v) is 4.38. The molecule has 1 N–H and O–H groups in total. The van der Waals surface area contributed by atoms with E-state index < -0.39 is 5.97 Å². The Kier molecular flexibility index (Phi) is 8.05. The molecular formula is C28H24N2O6S. The monoisotopic (exact) mass is 516 g/mol. The smallest absolute Gasteiger partial charge is 0.338 e. The van der Waals surface area contributed by atoms with E-state index in [0.717, 1.165) is 17.3 Å². The lowest BCUT2D eigenvalue weighted by Gasteiger charge is -2.13. The van der Waals surface area contributed by atoms with Gasteiger partial charge >= 0.3 is 5.97 Å². The number of carbonyl (C=O) groups is 4. The van der Waals surface area contributed by atoms with E-state index in [4.69, 9.17) is 9.47 Å². The van der Waals surface area contributed by atoms with Crippen molar-refractivity contribution >= 4 is 46.5 Å². The average Bonchev–Trinajstić information content (AvgIpc) is 3.17. The lowest BCUT2D eigenvalue weighted by atomic mass is 10.1. The summed E-state index contributed by atoms with van der Waals surface area (Å²) in [5, 5.41) is 2.42. The summed E-state index contributed by atoms with van der Waals surface area (Å²) in [4.78, 5) is 51.2. The first kappa shape index (κ1) is 25.7. The highest BCUT2D eigenvalue weighted by molar-refractivity contribution is 8.18. The number of hydrogen-bond donors (Lipinski definition) is 1. The number of nitrogens with one attached hydrogen (secondary N) is 1. The molecule has 37 heavy (non-hydrogen) atoms. The quantitative estimate of drug-likeness (QED) is 0.318. The predicted octanol–water partition coefficient (Wildman–Crippen LogP) is 5.36. The number of anilines is 1. The van der Waals surface area contributed by atoms with Crippen molar-refractivity contribution < 1.29 is 28.7 Å². The Morgan fingerprint density at radius 3 is 2.19 bits per heavy atom. The number of imide groups is 1. The minimum Gasteiger partial charge on any atom is -0.497 e. The van der Waals surface area contributed by atoms with E-state index in [1.54, 1.807) is 80.8 Å². The van der Waals surface area contributed by atoms with Gasteiger partial charge in [0, 0.05) is 11.3 Å². The van der Waals surface area contributed by atoms with Crippen molar-refractivity contribution in [3.05, 3.63) is 100.0 Å². The molecule has 0 aliphatic carbocycles. The molecule has 0 radical (unpaired) electrons.